The van der Waals surface area contributed by atoms with Crippen LogP contribution in [0.4, 0.5) is 13.2 Å². The average Bonchev–Trinajstić information content (AvgIpc) is 3.38. The molecule has 1 N–H and O–H groups in total. The molecule has 0 amide bonds. The van der Waals surface area contributed by atoms with E-state index in [2.05, 4.69) is 20.1 Å². The van der Waals surface area contributed by atoms with Gasteiger partial charge in [-0.2, -0.15) is 27.8 Å². The number of sulfonamides is 1. The number of hydrogen-bond acceptors (Lipinski definition) is 6. The Morgan fingerprint density at radius 1 is 1.36 bits per heavy atom. The zero-order valence-corrected chi connectivity index (χ0v) is 18.4. The van der Waals surface area contributed by atoms with Crippen molar-refractivity contribution in [2.75, 3.05) is 25.9 Å². The van der Waals surface area contributed by atoms with Gasteiger partial charge >= 0.3 is 6.18 Å². The molecule has 0 saturated carbocycles. The van der Waals surface area contributed by atoms with Crippen LogP contribution in [0.2, 0.25) is 0 Å². The smallest absolute Gasteiger partial charge is 0.346 e. The molecule has 1 fully saturated rings. The minimum atomic E-state index is -4.56. The third kappa shape index (κ3) is 4.36. The number of H-pyrrole nitrogens is 1. The summed E-state index contributed by atoms with van der Waals surface area (Å²) in [5.41, 5.74) is 2.00. The van der Waals surface area contributed by atoms with Crippen molar-refractivity contribution in [3.63, 3.8) is 0 Å². The third-order valence-corrected chi connectivity index (χ3v) is 7.39. The lowest BCUT2D eigenvalue weighted by molar-refractivity contribution is -0.130. The van der Waals surface area contributed by atoms with E-state index in [1.165, 1.54) is 4.68 Å². The fourth-order valence-electron chi connectivity index (χ4n) is 3.96. The summed E-state index contributed by atoms with van der Waals surface area (Å²) < 4.78 is 64.6. The molecule has 9 nitrogen and oxygen atoms in total. The number of hydrogen-bond donors (Lipinski definition) is 1. The number of halogens is 3. The first-order valence-electron chi connectivity index (χ1n) is 9.94. The Morgan fingerprint density at radius 3 is 2.79 bits per heavy atom. The van der Waals surface area contributed by atoms with Gasteiger partial charge in [0.2, 0.25) is 10.0 Å². The van der Waals surface area contributed by atoms with Crippen LogP contribution in [0.15, 0.2) is 35.8 Å². The quantitative estimate of drug-likeness (QED) is 0.523. The number of pyridine rings is 1. The molecule has 0 spiro atoms. The van der Waals surface area contributed by atoms with Crippen molar-refractivity contribution in [1.29, 1.82) is 5.26 Å². The Labute approximate surface area is 187 Å². The van der Waals surface area contributed by atoms with Gasteiger partial charge in [-0.1, -0.05) is 0 Å². The summed E-state index contributed by atoms with van der Waals surface area (Å²) >= 11 is 0. The molecule has 0 bridgehead atoms. The highest BCUT2D eigenvalue weighted by Gasteiger charge is 2.50. The van der Waals surface area contributed by atoms with E-state index in [-0.39, 0.29) is 19.5 Å². The fourth-order valence-corrected chi connectivity index (χ4v) is 5.58. The van der Waals surface area contributed by atoms with Crippen molar-refractivity contribution in [2.24, 2.45) is 4.99 Å². The van der Waals surface area contributed by atoms with Gasteiger partial charge in [0, 0.05) is 67.0 Å². The Bertz CT molecular complexity index is 1350. The van der Waals surface area contributed by atoms with Gasteiger partial charge in [-0.3, -0.25) is 9.67 Å². The largest absolute Gasteiger partial charge is 0.390 e. The molecule has 0 unspecified atom stereocenters. The van der Waals surface area contributed by atoms with Crippen LogP contribution in [-0.2, 0) is 15.6 Å². The van der Waals surface area contributed by atoms with Crippen LogP contribution >= 0.6 is 0 Å². The second-order valence-electron chi connectivity index (χ2n) is 7.90. The predicted molar refractivity (Wildman–Crippen MR) is 115 cm³/mol. The standard InChI is InChI=1S/C20H20F3N7O2S/c1-25-8-14-9-27-18-16(2-6-26-18)17(14)15-10-28-30(11-15)19(3-5-24)12-29(13-19)33(31,32)7-4-20(21,22)23/h2,6,8-11H,3-4,7,12-13H2,1H3,(H,26,27)/b25-8+. The van der Waals surface area contributed by atoms with Gasteiger partial charge in [0.25, 0.3) is 0 Å². The number of fused-ring (bicyclic) bond motifs is 1. The lowest BCUT2D eigenvalue weighted by Crippen LogP contribution is -2.64. The van der Waals surface area contributed by atoms with Gasteiger partial charge in [-0.25, -0.2) is 13.4 Å². The van der Waals surface area contributed by atoms with Gasteiger partial charge in [-0.05, 0) is 6.07 Å². The maximum Gasteiger partial charge on any atom is 0.390 e. The normalized spacial score (nSPS) is 16.8. The number of aromatic nitrogens is 4. The molecule has 4 heterocycles. The Kier molecular flexibility index (Phi) is 5.75. The van der Waals surface area contributed by atoms with Crippen LogP contribution in [0.5, 0.6) is 0 Å². The van der Waals surface area contributed by atoms with Crippen LogP contribution < -0.4 is 0 Å². The highest BCUT2D eigenvalue weighted by Crippen LogP contribution is 2.37. The first kappa shape index (κ1) is 22.9. The molecule has 174 valence electrons. The van der Waals surface area contributed by atoms with E-state index in [1.807, 2.05) is 12.1 Å². The van der Waals surface area contributed by atoms with Gasteiger partial charge in [0.1, 0.15) is 11.2 Å². The summed E-state index contributed by atoms with van der Waals surface area (Å²) in [7, 11) is -2.46. The molecule has 3 aromatic heterocycles. The molecule has 1 aliphatic heterocycles. The van der Waals surface area contributed by atoms with E-state index in [9.17, 15) is 26.9 Å². The average molecular weight is 479 g/mol. The van der Waals surface area contributed by atoms with Gasteiger partial charge in [0.05, 0.1) is 30.9 Å². The molecule has 1 saturated heterocycles. The van der Waals surface area contributed by atoms with Crippen LogP contribution in [-0.4, -0.2) is 70.8 Å². The summed E-state index contributed by atoms with van der Waals surface area (Å²) in [5, 5.41) is 14.6. The third-order valence-electron chi connectivity index (χ3n) is 5.63. The summed E-state index contributed by atoms with van der Waals surface area (Å²) in [4.78, 5) is 11.5. The maximum atomic E-state index is 12.5. The molecule has 3 aromatic rings. The van der Waals surface area contributed by atoms with Gasteiger partial charge in [-0.15, -0.1) is 0 Å². The van der Waals surface area contributed by atoms with Crippen molar-refractivity contribution in [1.82, 2.24) is 24.1 Å². The monoisotopic (exact) mass is 479 g/mol. The van der Waals surface area contributed by atoms with Crippen molar-refractivity contribution in [3.8, 4) is 17.2 Å². The van der Waals surface area contributed by atoms with E-state index < -0.39 is 33.9 Å². The van der Waals surface area contributed by atoms with Crippen LogP contribution in [0.3, 0.4) is 0 Å². The predicted octanol–water partition coefficient (Wildman–Crippen LogP) is 2.68. The Hall–Kier alpha value is -3.24. The van der Waals surface area contributed by atoms with Crippen molar-refractivity contribution < 1.29 is 21.6 Å². The summed E-state index contributed by atoms with van der Waals surface area (Å²) in [6, 6.07) is 3.91. The first-order valence-corrected chi connectivity index (χ1v) is 11.5. The van der Waals surface area contributed by atoms with E-state index in [0.717, 1.165) is 20.8 Å². The second kappa shape index (κ2) is 8.27. The van der Waals surface area contributed by atoms with E-state index in [4.69, 9.17) is 0 Å². The number of aliphatic imine (C=N–C) groups is 1. The van der Waals surface area contributed by atoms with E-state index >= 15 is 0 Å². The second-order valence-corrected chi connectivity index (χ2v) is 9.99. The molecule has 1 aliphatic rings. The maximum absolute atomic E-state index is 12.5. The van der Waals surface area contributed by atoms with Crippen LogP contribution in [0.1, 0.15) is 18.4 Å². The number of alkyl halides is 3. The molecule has 0 radical (unpaired) electrons. The lowest BCUT2D eigenvalue weighted by Gasteiger charge is -2.47. The number of rotatable bonds is 7. The summed E-state index contributed by atoms with van der Waals surface area (Å²) in [6.45, 7) is -0.248. The molecular weight excluding hydrogens is 459 g/mol. The molecule has 0 aromatic carbocycles. The van der Waals surface area contributed by atoms with Gasteiger partial charge in [0.15, 0.2) is 0 Å². The number of nitrogens with one attached hydrogen (secondary N) is 1. The number of nitrogens with zero attached hydrogens (tertiary/aromatic N) is 6. The molecule has 33 heavy (non-hydrogen) atoms. The minimum absolute atomic E-state index is 0.0431. The van der Waals surface area contributed by atoms with Crippen molar-refractivity contribution in [3.05, 3.63) is 36.4 Å². The number of aromatic amines is 1. The molecule has 0 atom stereocenters. The summed E-state index contributed by atoms with van der Waals surface area (Å²) in [5.74, 6) is -1.02. The van der Waals surface area contributed by atoms with Crippen molar-refractivity contribution >= 4 is 27.3 Å². The van der Waals surface area contributed by atoms with Crippen LogP contribution in [0, 0.1) is 11.3 Å². The Morgan fingerprint density at radius 2 is 2.12 bits per heavy atom. The van der Waals surface area contributed by atoms with E-state index in [1.54, 1.807) is 38.0 Å². The summed E-state index contributed by atoms with van der Waals surface area (Å²) in [6.07, 6.45) is 2.38. The first-order chi connectivity index (χ1) is 15.6. The van der Waals surface area contributed by atoms with Crippen LogP contribution in [0.25, 0.3) is 22.2 Å². The SMILES string of the molecule is C/N=C/c1cnc2[nH]ccc2c1-c1cnn(C2(CC#N)CN(S(=O)(=O)CCC(F)(F)F)C2)c1. The molecule has 13 heteroatoms. The Balaban J connectivity index is 1.64. The van der Waals surface area contributed by atoms with Crippen molar-refractivity contribution in [2.45, 2.75) is 24.6 Å². The highest BCUT2D eigenvalue weighted by molar-refractivity contribution is 7.89. The minimum Gasteiger partial charge on any atom is -0.346 e. The molecule has 4 rings (SSSR count). The topological polar surface area (TPSA) is 120 Å². The van der Waals surface area contributed by atoms with E-state index in [0.29, 0.717) is 11.2 Å². The fraction of sp³-hybridized carbons (Fsp3) is 0.400. The zero-order valence-electron chi connectivity index (χ0n) is 17.5. The van der Waals surface area contributed by atoms with Gasteiger partial charge < -0.3 is 4.98 Å². The lowest BCUT2D eigenvalue weighted by atomic mass is 9.89. The molecular formula is C20H20F3N7O2S. The number of nitriles is 1. The zero-order chi connectivity index (χ0) is 23.9. The molecule has 0 aliphatic carbocycles. The highest BCUT2D eigenvalue weighted by atomic mass is 32.2.